The minimum absolute atomic E-state index is 0.297. The van der Waals surface area contributed by atoms with Gasteiger partial charge in [-0.25, -0.2) is 0 Å². The summed E-state index contributed by atoms with van der Waals surface area (Å²) in [5, 5.41) is 10.8. The average Bonchev–Trinajstić information content (AvgIpc) is 2.93. The van der Waals surface area contributed by atoms with Gasteiger partial charge in [0.2, 0.25) is 0 Å². The van der Waals surface area contributed by atoms with Gasteiger partial charge in [-0.2, -0.15) is 0 Å². The minimum Gasteiger partial charge on any atom is -0.480 e. The molecule has 1 aromatic carbocycles. The quantitative estimate of drug-likeness (QED) is 0.925. The normalized spacial score (nSPS) is 29.6. The Hall–Kier alpha value is -0.770. The van der Waals surface area contributed by atoms with Gasteiger partial charge >= 0.3 is 5.97 Å². The predicted molar refractivity (Wildman–Crippen MR) is 79.1 cm³/mol. The highest BCUT2D eigenvalue weighted by atomic mass is 35.5. The van der Waals surface area contributed by atoms with E-state index in [2.05, 4.69) is 0 Å². The Morgan fingerprint density at radius 3 is 2.90 bits per heavy atom. The van der Waals surface area contributed by atoms with Crippen LogP contribution >= 0.6 is 23.2 Å². The van der Waals surface area contributed by atoms with Gasteiger partial charge in [-0.1, -0.05) is 29.6 Å². The molecule has 3 rings (SSSR count). The molecule has 1 aromatic rings. The van der Waals surface area contributed by atoms with Crippen molar-refractivity contribution in [1.29, 1.82) is 0 Å². The molecular formula is C15H17Cl2NO2. The maximum absolute atomic E-state index is 11.6. The topological polar surface area (TPSA) is 40.5 Å². The third-order valence-corrected chi connectivity index (χ3v) is 5.22. The summed E-state index contributed by atoms with van der Waals surface area (Å²) in [6.07, 6.45) is 3.33. The number of halogens is 2. The van der Waals surface area contributed by atoms with Crippen LogP contribution in [0.25, 0.3) is 0 Å². The summed E-state index contributed by atoms with van der Waals surface area (Å²) in [6.45, 7) is 1.41. The first-order valence-corrected chi connectivity index (χ1v) is 7.72. The van der Waals surface area contributed by atoms with Crippen molar-refractivity contribution in [3.8, 4) is 0 Å². The van der Waals surface area contributed by atoms with E-state index in [0.717, 1.165) is 31.4 Å². The van der Waals surface area contributed by atoms with E-state index in [-0.39, 0.29) is 6.04 Å². The molecule has 1 heterocycles. The third-order valence-electron chi connectivity index (χ3n) is 4.62. The van der Waals surface area contributed by atoms with Crippen LogP contribution < -0.4 is 0 Å². The molecule has 20 heavy (non-hydrogen) atoms. The van der Waals surface area contributed by atoms with E-state index in [9.17, 15) is 9.90 Å². The fraction of sp³-hybridized carbons (Fsp3) is 0.533. The van der Waals surface area contributed by atoms with Crippen molar-refractivity contribution in [2.24, 2.45) is 11.8 Å². The van der Waals surface area contributed by atoms with Gasteiger partial charge < -0.3 is 5.11 Å². The summed E-state index contributed by atoms with van der Waals surface area (Å²) < 4.78 is 0. The monoisotopic (exact) mass is 313 g/mol. The second kappa shape index (κ2) is 5.55. The molecule has 1 aliphatic heterocycles. The van der Waals surface area contributed by atoms with E-state index in [0.29, 0.717) is 28.4 Å². The number of hydrogen-bond acceptors (Lipinski definition) is 2. The minimum atomic E-state index is -0.711. The van der Waals surface area contributed by atoms with Gasteiger partial charge in [0.25, 0.3) is 0 Å². The van der Waals surface area contributed by atoms with Gasteiger partial charge in [0, 0.05) is 23.1 Å². The maximum Gasteiger partial charge on any atom is 0.321 e. The number of fused-ring (bicyclic) bond motifs is 1. The Morgan fingerprint density at radius 1 is 1.35 bits per heavy atom. The van der Waals surface area contributed by atoms with Crippen LogP contribution in [-0.4, -0.2) is 28.6 Å². The maximum atomic E-state index is 11.6. The van der Waals surface area contributed by atoms with E-state index in [1.54, 1.807) is 12.1 Å². The van der Waals surface area contributed by atoms with E-state index in [4.69, 9.17) is 23.2 Å². The summed E-state index contributed by atoms with van der Waals surface area (Å²) in [5.74, 6) is 0.108. The first kappa shape index (κ1) is 14.2. The number of carboxylic acid groups (broad SMARTS) is 1. The van der Waals surface area contributed by atoms with Crippen LogP contribution in [-0.2, 0) is 11.3 Å². The molecule has 1 N–H and O–H groups in total. The Kier molecular flexibility index (Phi) is 3.93. The van der Waals surface area contributed by atoms with Crippen molar-refractivity contribution in [3.63, 3.8) is 0 Å². The molecule has 3 atom stereocenters. The van der Waals surface area contributed by atoms with Gasteiger partial charge in [0.15, 0.2) is 0 Å². The average molecular weight is 314 g/mol. The zero-order chi connectivity index (χ0) is 14.3. The van der Waals surface area contributed by atoms with Gasteiger partial charge in [0.05, 0.1) is 0 Å². The number of carboxylic acids is 1. The molecule has 3 unspecified atom stereocenters. The Balaban J connectivity index is 1.82. The smallest absolute Gasteiger partial charge is 0.321 e. The molecule has 0 radical (unpaired) electrons. The van der Waals surface area contributed by atoms with Crippen LogP contribution in [0.5, 0.6) is 0 Å². The van der Waals surface area contributed by atoms with Crippen molar-refractivity contribution < 1.29 is 9.90 Å². The van der Waals surface area contributed by atoms with Crippen LogP contribution in [0, 0.1) is 11.8 Å². The number of likely N-dealkylation sites (tertiary alicyclic amines) is 1. The summed E-state index contributed by atoms with van der Waals surface area (Å²) in [4.78, 5) is 13.6. The molecule has 2 fully saturated rings. The van der Waals surface area contributed by atoms with E-state index in [1.165, 1.54) is 0 Å². The Morgan fingerprint density at radius 2 is 2.15 bits per heavy atom. The highest BCUT2D eigenvalue weighted by Crippen LogP contribution is 2.43. The predicted octanol–water partition coefficient (Wildman–Crippen LogP) is 3.68. The molecule has 5 heteroatoms. The second-order valence-corrected chi connectivity index (χ2v) is 6.65. The fourth-order valence-electron chi connectivity index (χ4n) is 3.78. The molecule has 1 aliphatic carbocycles. The molecule has 0 bridgehead atoms. The number of aliphatic carboxylic acids is 1. The first-order valence-electron chi connectivity index (χ1n) is 6.97. The molecule has 3 nitrogen and oxygen atoms in total. The van der Waals surface area contributed by atoms with Gasteiger partial charge in [-0.05, 0) is 48.4 Å². The number of nitrogens with zero attached hydrogens (tertiary/aromatic N) is 1. The van der Waals surface area contributed by atoms with Crippen molar-refractivity contribution >= 4 is 29.2 Å². The molecule has 0 aromatic heterocycles. The molecule has 2 aliphatic rings. The molecule has 1 saturated heterocycles. The van der Waals surface area contributed by atoms with Gasteiger partial charge in [-0.3, -0.25) is 9.69 Å². The first-order chi connectivity index (χ1) is 9.56. The molecule has 108 valence electrons. The van der Waals surface area contributed by atoms with Crippen molar-refractivity contribution in [3.05, 3.63) is 33.8 Å². The van der Waals surface area contributed by atoms with Gasteiger partial charge in [-0.15, -0.1) is 0 Å². The number of benzene rings is 1. The van der Waals surface area contributed by atoms with E-state index < -0.39 is 5.97 Å². The summed E-state index contributed by atoms with van der Waals surface area (Å²) in [5.41, 5.74) is 0.908. The second-order valence-electron chi connectivity index (χ2n) is 5.80. The lowest BCUT2D eigenvalue weighted by Crippen LogP contribution is -2.39. The van der Waals surface area contributed by atoms with Crippen LogP contribution in [0.1, 0.15) is 24.8 Å². The zero-order valence-electron chi connectivity index (χ0n) is 11.1. The van der Waals surface area contributed by atoms with E-state index >= 15 is 0 Å². The lowest BCUT2D eigenvalue weighted by atomic mass is 9.94. The van der Waals surface area contributed by atoms with Crippen LogP contribution in [0.2, 0.25) is 10.0 Å². The fourth-order valence-corrected chi connectivity index (χ4v) is 4.15. The SMILES string of the molecule is O=C(O)C1C2CCCC2CN1Cc1cc(Cl)ccc1Cl. The van der Waals surface area contributed by atoms with Gasteiger partial charge in [0.1, 0.15) is 6.04 Å². The number of hydrogen-bond donors (Lipinski definition) is 1. The van der Waals surface area contributed by atoms with E-state index in [1.807, 2.05) is 11.0 Å². The third kappa shape index (κ3) is 2.54. The largest absolute Gasteiger partial charge is 0.480 e. The lowest BCUT2D eigenvalue weighted by Gasteiger charge is -2.24. The van der Waals surface area contributed by atoms with Crippen LogP contribution in [0.3, 0.4) is 0 Å². The summed E-state index contributed by atoms with van der Waals surface area (Å²) >= 11 is 12.2. The molecule has 1 saturated carbocycles. The lowest BCUT2D eigenvalue weighted by molar-refractivity contribution is -0.143. The molecular weight excluding hydrogens is 297 g/mol. The van der Waals surface area contributed by atoms with Crippen molar-refractivity contribution in [1.82, 2.24) is 4.90 Å². The molecule has 0 spiro atoms. The van der Waals surface area contributed by atoms with Crippen LogP contribution in [0.4, 0.5) is 0 Å². The Labute approximate surface area is 128 Å². The number of rotatable bonds is 3. The van der Waals surface area contributed by atoms with Crippen molar-refractivity contribution in [2.45, 2.75) is 31.8 Å². The summed E-state index contributed by atoms with van der Waals surface area (Å²) in [6, 6.07) is 4.97. The summed E-state index contributed by atoms with van der Waals surface area (Å²) in [7, 11) is 0. The zero-order valence-corrected chi connectivity index (χ0v) is 12.6. The number of carbonyl (C=O) groups is 1. The highest BCUT2D eigenvalue weighted by Gasteiger charge is 2.47. The van der Waals surface area contributed by atoms with Crippen molar-refractivity contribution in [2.75, 3.05) is 6.54 Å². The Bertz CT molecular complexity index is 535. The van der Waals surface area contributed by atoms with Crippen LogP contribution in [0.15, 0.2) is 18.2 Å². The highest BCUT2D eigenvalue weighted by molar-refractivity contribution is 6.33. The standard InChI is InChI=1S/C15H17Cl2NO2/c16-11-4-5-13(17)10(6-11)8-18-7-9-2-1-3-12(9)14(18)15(19)20/h4-6,9,12,14H,1-3,7-8H2,(H,19,20). The molecule has 0 amide bonds.